The van der Waals surface area contributed by atoms with Crippen LogP contribution < -0.4 is 4.74 Å². The summed E-state index contributed by atoms with van der Waals surface area (Å²) in [4.78, 5) is 36.5. The minimum Gasteiger partial charge on any atom is -0.504 e. The van der Waals surface area contributed by atoms with Gasteiger partial charge in [0.25, 0.3) is 0 Å². The largest absolute Gasteiger partial charge is 0.504 e. The number of carbonyl (C=O) groups is 3. The van der Waals surface area contributed by atoms with Gasteiger partial charge in [0, 0.05) is 25.0 Å². The molecule has 202 valence electrons. The summed E-state index contributed by atoms with van der Waals surface area (Å²) < 4.78 is 15.5. The lowest BCUT2D eigenvalue weighted by atomic mass is 9.79. The normalized spacial score (nSPS) is 23.3. The van der Waals surface area contributed by atoms with Crippen molar-refractivity contribution in [2.24, 2.45) is 0 Å². The summed E-state index contributed by atoms with van der Waals surface area (Å²) in [5, 5.41) is 58.9. The second-order valence-electron chi connectivity index (χ2n) is 8.54. The number of ether oxygens (including phenoxy) is 3. The molecule has 2 aromatic carbocycles. The fourth-order valence-electron chi connectivity index (χ4n) is 3.81. The molecule has 0 unspecified atom stereocenters. The average molecular weight is 530 g/mol. The molecule has 0 aliphatic heterocycles. The summed E-state index contributed by atoms with van der Waals surface area (Å²) in [5.74, 6) is -4.36. The molecule has 1 aliphatic rings. The minimum atomic E-state index is -2.44. The van der Waals surface area contributed by atoms with Crippen LogP contribution in [0.2, 0.25) is 0 Å². The lowest BCUT2D eigenvalue weighted by Gasteiger charge is -2.40. The van der Waals surface area contributed by atoms with Gasteiger partial charge in [0.05, 0.1) is 13.2 Å². The Balaban J connectivity index is 1.76. The van der Waals surface area contributed by atoms with Gasteiger partial charge in [-0.05, 0) is 47.5 Å². The summed E-state index contributed by atoms with van der Waals surface area (Å²) in [6.07, 6.45) is -1.57. The van der Waals surface area contributed by atoms with Crippen LogP contribution in [0.15, 0.2) is 48.6 Å². The van der Waals surface area contributed by atoms with E-state index in [4.69, 9.17) is 14.2 Å². The first-order valence-electron chi connectivity index (χ1n) is 11.2. The fraction of sp³-hybridized carbons (Fsp3) is 0.269. The van der Waals surface area contributed by atoms with Crippen LogP contribution >= 0.6 is 0 Å². The molecule has 0 spiro atoms. The number of aliphatic hydroxyl groups is 2. The number of esters is 2. The van der Waals surface area contributed by atoms with E-state index in [1.165, 1.54) is 55.7 Å². The zero-order chi connectivity index (χ0) is 28.0. The Hall–Kier alpha value is -4.55. The highest BCUT2D eigenvalue weighted by atomic mass is 16.6. The van der Waals surface area contributed by atoms with E-state index in [9.17, 15) is 45.0 Å². The van der Waals surface area contributed by atoms with Crippen molar-refractivity contribution in [3.63, 3.8) is 0 Å². The number of phenolic OH excluding ortho intramolecular Hbond substituents is 3. The number of aliphatic carboxylic acids is 1. The standard InChI is InChI=1S/C26H26O12/c1-36-20-11-15(3-7-17(20)28)5-8-22(31)37-21-13-26(35,25(33)34)12-19(30)24(21)38-23(32)9-4-14-2-6-16(27)18(29)10-14/h2-11,19,21,24,27-30,35H,12-13H2,1H3,(H,33,34)/t19-,21+,24-,26+/m1/s1. The van der Waals surface area contributed by atoms with Gasteiger partial charge in [-0.15, -0.1) is 0 Å². The molecular weight excluding hydrogens is 504 g/mol. The SMILES string of the molecule is COc1cc(C=CC(=O)O[C@H]2C[C@](O)(C(=O)O)C[C@@H](O)[C@H]2OC(=O)C=Cc2ccc(O)c(O)c2)ccc1O. The van der Waals surface area contributed by atoms with Crippen LogP contribution in [0, 0.1) is 0 Å². The number of carboxylic acid groups (broad SMARTS) is 1. The number of phenols is 3. The molecule has 2 aromatic rings. The molecule has 0 aromatic heterocycles. The van der Waals surface area contributed by atoms with E-state index in [0.717, 1.165) is 12.2 Å². The minimum absolute atomic E-state index is 0.114. The number of aromatic hydroxyl groups is 3. The van der Waals surface area contributed by atoms with Gasteiger partial charge >= 0.3 is 17.9 Å². The van der Waals surface area contributed by atoms with Crippen molar-refractivity contribution in [2.45, 2.75) is 36.8 Å². The predicted octanol–water partition coefficient (Wildman–Crippen LogP) is 1.33. The van der Waals surface area contributed by atoms with Crippen molar-refractivity contribution in [3.8, 4) is 23.0 Å². The number of benzene rings is 2. The summed E-state index contributed by atoms with van der Waals surface area (Å²) in [6, 6.07) is 8.06. The second kappa shape index (κ2) is 11.7. The summed E-state index contributed by atoms with van der Waals surface area (Å²) in [6.45, 7) is 0. The van der Waals surface area contributed by atoms with Crippen molar-refractivity contribution in [1.82, 2.24) is 0 Å². The van der Waals surface area contributed by atoms with Crippen LogP contribution in [-0.4, -0.2) is 79.6 Å². The third-order valence-electron chi connectivity index (χ3n) is 5.78. The van der Waals surface area contributed by atoms with Crippen LogP contribution in [0.5, 0.6) is 23.0 Å². The molecule has 0 saturated heterocycles. The van der Waals surface area contributed by atoms with E-state index in [1.807, 2.05) is 0 Å². The highest BCUT2D eigenvalue weighted by Crippen LogP contribution is 2.33. The third kappa shape index (κ3) is 6.81. The zero-order valence-electron chi connectivity index (χ0n) is 20.1. The topological polar surface area (TPSA) is 200 Å². The Kier molecular flexibility index (Phi) is 8.61. The average Bonchev–Trinajstić information content (AvgIpc) is 2.86. The van der Waals surface area contributed by atoms with Crippen LogP contribution in [0.25, 0.3) is 12.2 Å². The number of aliphatic hydroxyl groups excluding tert-OH is 1. The van der Waals surface area contributed by atoms with E-state index < -0.39 is 60.4 Å². The maximum Gasteiger partial charge on any atom is 0.335 e. The molecule has 1 aliphatic carbocycles. The van der Waals surface area contributed by atoms with E-state index in [2.05, 4.69) is 0 Å². The van der Waals surface area contributed by atoms with E-state index in [0.29, 0.717) is 11.1 Å². The van der Waals surface area contributed by atoms with Gasteiger partial charge < -0.3 is 44.8 Å². The van der Waals surface area contributed by atoms with Crippen molar-refractivity contribution in [3.05, 3.63) is 59.7 Å². The van der Waals surface area contributed by atoms with Crippen molar-refractivity contribution < 1.29 is 59.2 Å². The number of hydrogen-bond acceptors (Lipinski definition) is 11. The molecule has 12 nitrogen and oxygen atoms in total. The number of carboxylic acids is 1. The molecule has 1 saturated carbocycles. The summed E-state index contributed by atoms with van der Waals surface area (Å²) in [7, 11) is 1.35. The van der Waals surface area contributed by atoms with Crippen molar-refractivity contribution >= 4 is 30.1 Å². The molecule has 3 rings (SSSR count). The molecule has 4 atom stereocenters. The molecule has 12 heteroatoms. The summed E-state index contributed by atoms with van der Waals surface area (Å²) >= 11 is 0. The molecular formula is C26H26O12. The number of rotatable bonds is 8. The lowest BCUT2D eigenvalue weighted by molar-refractivity contribution is -0.204. The number of methoxy groups -OCH3 is 1. The van der Waals surface area contributed by atoms with E-state index in [-0.39, 0.29) is 17.2 Å². The first-order chi connectivity index (χ1) is 17.9. The van der Waals surface area contributed by atoms with Gasteiger partial charge in [-0.25, -0.2) is 14.4 Å². The monoisotopic (exact) mass is 530 g/mol. The summed E-state index contributed by atoms with van der Waals surface area (Å²) in [5.41, 5.74) is -1.66. The maximum absolute atomic E-state index is 12.5. The Morgan fingerprint density at radius 3 is 2.03 bits per heavy atom. The van der Waals surface area contributed by atoms with E-state index in [1.54, 1.807) is 0 Å². The van der Waals surface area contributed by atoms with Crippen LogP contribution in [-0.2, 0) is 23.9 Å². The highest BCUT2D eigenvalue weighted by molar-refractivity contribution is 5.88. The van der Waals surface area contributed by atoms with Gasteiger partial charge in [0.15, 0.2) is 34.7 Å². The van der Waals surface area contributed by atoms with Gasteiger partial charge in [-0.1, -0.05) is 12.1 Å². The smallest absolute Gasteiger partial charge is 0.335 e. The van der Waals surface area contributed by atoms with Gasteiger partial charge in [-0.2, -0.15) is 0 Å². The molecule has 6 N–H and O–H groups in total. The molecule has 0 radical (unpaired) electrons. The van der Waals surface area contributed by atoms with Gasteiger partial charge in [0.2, 0.25) is 0 Å². The van der Waals surface area contributed by atoms with Gasteiger partial charge in [-0.3, -0.25) is 0 Å². The quantitative estimate of drug-likeness (QED) is 0.163. The van der Waals surface area contributed by atoms with Crippen molar-refractivity contribution in [1.29, 1.82) is 0 Å². The van der Waals surface area contributed by atoms with Crippen LogP contribution in [0.4, 0.5) is 0 Å². The Morgan fingerprint density at radius 1 is 0.868 bits per heavy atom. The molecule has 1 fully saturated rings. The molecule has 0 bridgehead atoms. The molecule has 0 amide bonds. The number of hydrogen-bond donors (Lipinski definition) is 6. The zero-order valence-corrected chi connectivity index (χ0v) is 20.1. The second-order valence-corrected chi connectivity index (χ2v) is 8.54. The fourth-order valence-corrected chi connectivity index (χ4v) is 3.81. The maximum atomic E-state index is 12.5. The first-order valence-corrected chi connectivity index (χ1v) is 11.2. The highest BCUT2D eigenvalue weighted by Gasteiger charge is 2.52. The lowest BCUT2D eigenvalue weighted by Crippen LogP contribution is -2.58. The van der Waals surface area contributed by atoms with Crippen molar-refractivity contribution in [2.75, 3.05) is 7.11 Å². The third-order valence-corrected chi connectivity index (χ3v) is 5.78. The number of carbonyl (C=O) groups excluding carboxylic acids is 2. The Bertz CT molecular complexity index is 1270. The van der Waals surface area contributed by atoms with Crippen LogP contribution in [0.3, 0.4) is 0 Å². The molecule has 38 heavy (non-hydrogen) atoms. The first kappa shape index (κ1) is 28.0. The predicted molar refractivity (Wildman–Crippen MR) is 130 cm³/mol. The van der Waals surface area contributed by atoms with Crippen LogP contribution in [0.1, 0.15) is 24.0 Å². The Labute approximate surface area is 216 Å². The van der Waals surface area contributed by atoms with E-state index >= 15 is 0 Å². The van der Waals surface area contributed by atoms with Gasteiger partial charge in [0.1, 0.15) is 6.10 Å². The Morgan fingerprint density at radius 2 is 1.45 bits per heavy atom. The molecule has 0 heterocycles.